The van der Waals surface area contributed by atoms with Crippen LogP contribution < -0.4 is 0 Å². The van der Waals surface area contributed by atoms with Crippen LogP contribution in [-0.4, -0.2) is 6.29 Å². The van der Waals surface area contributed by atoms with E-state index in [0.717, 1.165) is 18.3 Å². The lowest BCUT2D eigenvalue weighted by atomic mass is 9.96. The Morgan fingerprint density at radius 1 is 1.25 bits per heavy atom. The fraction of sp³-hybridized carbons (Fsp3) is 0.267. The summed E-state index contributed by atoms with van der Waals surface area (Å²) in [7, 11) is 0. The van der Waals surface area contributed by atoms with Crippen LogP contribution >= 0.6 is 0 Å². The number of carbonyl (C=O) groups is 1. The highest BCUT2D eigenvalue weighted by atomic mass is 16.1. The molecule has 0 aromatic heterocycles. The molecule has 0 radical (unpaired) electrons. The topological polar surface area (TPSA) is 17.1 Å². The fourth-order valence-corrected chi connectivity index (χ4v) is 2.04. The summed E-state index contributed by atoms with van der Waals surface area (Å²) < 4.78 is 0. The summed E-state index contributed by atoms with van der Waals surface area (Å²) in [5.74, 6) is -0.0188. The van der Waals surface area contributed by atoms with Gasteiger partial charge in [0.15, 0.2) is 0 Å². The molecule has 0 heterocycles. The third kappa shape index (κ3) is 1.85. The summed E-state index contributed by atoms with van der Waals surface area (Å²) in [4.78, 5) is 10.8. The Bertz CT molecular complexity index is 514. The number of aldehydes is 1. The summed E-state index contributed by atoms with van der Waals surface area (Å²) in [5.41, 5.74) is 2.46. The molecule has 0 bridgehead atoms. The standard InChI is InChI=1S/C15H16O/c1-3-12-5-4-6-14-9-13(11(2)10-16)7-8-15(12)14/h4-11H,3H2,1-2H3. The number of aryl methyl sites for hydroxylation is 1. The van der Waals surface area contributed by atoms with Crippen molar-refractivity contribution in [1.29, 1.82) is 0 Å². The van der Waals surface area contributed by atoms with Gasteiger partial charge in [0.05, 0.1) is 0 Å². The molecule has 0 N–H and O–H groups in total. The minimum absolute atomic E-state index is 0.0188. The van der Waals surface area contributed by atoms with E-state index in [0.29, 0.717) is 0 Å². The van der Waals surface area contributed by atoms with E-state index in [9.17, 15) is 4.79 Å². The van der Waals surface area contributed by atoms with Crippen molar-refractivity contribution in [3.8, 4) is 0 Å². The minimum atomic E-state index is -0.0188. The molecule has 0 saturated heterocycles. The summed E-state index contributed by atoms with van der Waals surface area (Å²) in [6.45, 7) is 4.09. The van der Waals surface area contributed by atoms with Crippen LogP contribution in [0.1, 0.15) is 30.9 Å². The van der Waals surface area contributed by atoms with Crippen LogP contribution in [0.2, 0.25) is 0 Å². The van der Waals surface area contributed by atoms with Gasteiger partial charge >= 0.3 is 0 Å². The van der Waals surface area contributed by atoms with E-state index in [2.05, 4.69) is 43.3 Å². The number of carbonyl (C=O) groups excluding carboxylic acids is 1. The lowest BCUT2D eigenvalue weighted by molar-refractivity contribution is -0.108. The highest BCUT2D eigenvalue weighted by Crippen LogP contribution is 2.23. The first-order chi connectivity index (χ1) is 7.76. The zero-order chi connectivity index (χ0) is 11.5. The van der Waals surface area contributed by atoms with Crippen LogP contribution in [0, 0.1) is 0 Å². The van der Waals surface area contributed by atoms with E-state index < -0.39 is 0 Å². The first kappa shape index (κ1) is 10.9. The number of fused-ring (bicyclic) bond motifs is 1. The predicted octanol–water partition coefficient (Wildman–Crippen LogP) is 3.70. The van der Waals surface area contributed by atoms with Crippen LogP contribution in [0.15, 0.2) is 36.4 Å². The number of hydrogen-bond donors (Lipinski definition) is 0. The zero-order valence-electron chi connectivity index (χ0n) is 9.73. The van der Waals surface area contributed by atoms with Crippen LogP contribution in [-0.2, 0) is 11.2 Å². The van der Waals surface area contributed by atoms with E-state index in [4.69, 9.17) is 0 Å². The third-order valence-electron chi connectivity index (χ3n) is 3.11. The summed E-state index contributed by atoms with van der Waals surface area (Å²) in [6.07, 6.45) is 2.03. The molecule has 2 rings (SSSR count). The quantitative estimate of drug-likeness (QED) is 0.709. The molecule has 2 aromatic carbocycles. The smallest absolute Gasteiger partial charge is 0.127 e. The van der Waals surface area contributed by atoms with E-state index in [1.165, 1.54) is 16.3 Å². The van der Waals surface area contributed by atoms with Crippen LogP contribution in [0.4, 0.5) is 0 Å². The Balaban J connectivity index is 2.59. The molecule has 0 aliphatic rings. The van der Waals surface area contributed by atoms with Crippen molar-refractivity contribution < 1.29 is 4.79 Å². The molecule has 0 amide bonds. The molecule has 1 heteroatoms. The Morgan fingerprint density at radius 2 is 2.06 bits per heavy atom. The van der Waals surface area contributed by atoms with Gasteiger partial charge in [-0.1, -0.05) is 50.2 Å². The first-order valence-corrected chi connectivity index (χ1v) is 5.73. The molecule has 2 aromatic rings. The Hall–Kier alpha value is -1.63. The van der Waals surface area contributed by atoms with Gasteiger partial charge in [0.25, 0.3) is 0 Å². The second-order valence-electron chi connectivity index (χ2n) is 4.18. The molecule has 0 saturated carbocycles. The van der Waals surface area contributed by atoms with Gasteiger partial charge in [-0.25, -0.2) is 0 Å². The maximum Gasteiger partial charge on any atom is 0.127 e. The van der Waals surface area contributed by atoms with E-state index >= 15 is 0 Å². The SMILES string of the molecule is CCc1cccc2cc(C(C)C=O)ccc12. The highest BCUT2D eigenvalue weighted by Gasteiger charge is 2.05. The van der Waals surface area contributed by atoms with Crippen molar-refractivity contribution >= 4 is 17.1 Å². The van der Waals surface area contributed by atoms with Crippen LogP contribution in [0.5, 0.6) is 0 Å². The lowest BCUT2D eigenvalue weighted by Crippen LogP contribution is -1.94. The number of hydrogen-bond acceptors (Lipinski definition) is 1. The molecular weight excluding hydrogens is 196 g/mol. The molecule has 0 aliphatic heterocycles. The van der Waals surface area contributed by atoms with Crippen molar-refractivity contribution in [2.75, 3.05) is 0 Å². The van der Waals surface area contributed by atoms with Crippen molar-refractivity contribution in [3.63, 3.8) is 0 Å². The van der Waals surface area contributed by atoms with Gasteiger partial charge in [0.2, 0.25) is 0 Å². The molecule has 0 spiro atoms. The Kier molecular flexibility index (Phi) is 3.04. The van der Waals surface area contributed by atoms with Crippen molar-refractivity contribution in [1.82, 2.24) is 0 Å². The van der Waals surface area contributed by atoms with E-state index in [-0.39, 0.29) is 5.92 Å². The molecule has 0 fully saturated rings. The van der Waals surface area contributed by atoms with Crippen molar-refractivity contribution in [3.05, 3.63) is 47.5 Å². The molecule has 1 unspecified atom stereocenters. The Morgan fingerprint density at radius 3 is 2.75 bits per heavy atom. The average molecular weight is 212 g/mol. The van der Waals surface area contributed by atoms with Gasteiger partial charge in [0, 0.05) is 5.92 Å². The number of benzene rings is 2. The third-order valence-corrected chi connectivity index (χ3v) is 3.11. The van der Waals surface area contributed by atoms with E-state index in [1.54, 1.807) is 0 Å². The van der Waals surface area contributed by atoms with Crippen LogP contribution in [0.25, 0.3) is 10.8 Å². The van der Waals surface area contributed by atoms with Gasteiger partial charge in [0.1, 0.15) is 6.29 Å². The molecule has 1 atom stereocenters. The fourth-order valence-electron chi connectivity index (χ4n) is 2.04. The van der Waals surface area contributed by atoms with Gasteiger partial charge in [-0.15, -0.1) is 0 Å². The van der Waals surface area contributed by atoms with Crippen molar-refractivity contribution in [2.45, 2.75) is 26.2 Å². The molecular formula is C15H16O. The largest absolute Gasteiger partial charge is 0.303 e. The Labute approximate surface area is 96.1 Å². The monoisotopic (exact) mass is 212 g/mol. The molecule has 0 aliphatic carbocycles. The maximum absolute atomic E-state index is 10.8. The highest BCUT2D eigenvalue weighted by molar-refractivity contribution is 5.87. The summed E-state index contributed by atoms with van der Waals surface area (Å²) in [5, 5.41) is 2.53. The lowest BCUT2D eigenvalue weighted by Gasteiger charge is -2.08. The number of rotatable bonds is 3. The molecule has 82 valence electrons. The minimum Gasteiger partial charge on any atom is -0.303 e. The summed E-state index contributed by atoms with van der Waals surface area (Å²) in [6, 6.07) is 12.6. The van der Waals surface area contributed by atoms with Gasteiger partial charge in [-0.05, 0) is 28.3 Å². The first-order valence-electron chi connectivity index (χ1n) is 5.73. The predicted molar refractivity (Wildman–Crippen MR) is 67.8 cm³/mol. The average Bonchev–Trinajstić information content (AvgIpc) is 2.36. The van der Waals surface area contributed by atoms with Crippen LogP contribution in [0.3, 0.4) is 0 Å². The molecule has 1 nitrogen and oxygen atoms in total. The van der Waals surface area contributed by atoms with Crippen molar-refractivity contribution in [2.24, 2.45) is 0 Å². The van der Waals surface area contributed by atoms with Gasteiger partial charge < -0.3 is 4.79 Å². The van der Waals surface area contributed by atoms with Gasteiger partial charge in [-0.2, -0.15) is 0 Å². The maximum atomic E-state index is 10.8. The normalized spacial score (nSPS) is 12.6. The van der Waals surface area contributed by atoms with Gasteiger partial charge in [-0.3, -0.25) is 0 Å². The second kappa shape index (κ2) is 4.48. The zero-order valence-corrected chi connectivity index (χ0v) is 9.73. The molecule has 16 heavy (non-hydrogen) atoms. The second-order valence-corrected chi connectivity index (χ2v) is 4.18. The summed E-state index contributed by atoms with van der Waals surface area (Å²) >= 11 is 0. The van der Waals surface area contributed by atoms with E-state index in [1.807, 2.05) is 6.92 Å².